The van der Waals surface area contributed by atoms with E-state index in [1.807, 2.05) is 52.4 Å². The van der Waals surface area contributed by atoms with Crippen molar-refractivity contribution in [3.8, 4) is 0 Å². The number of hydrogen-bond acceptors (Lipinski definition) is 6. The zero-order valence-electron chi connectivity index (χ0n) is 21.6. The topological polar surface area (TPSA) is 121 Å². The number of quaternary nitrogens is 1. The fourth-order valence-corrected chi connectivity index (χ4v) is 4.18. The van der Waals surface area contributed by atoms with Gasteiger partial charge in [0.25, 0.3) is 0 Å². The molecule has 0 bridgehead atoms. The van der Waals surface area contributed by atoms with Gasteiger partial charge in [-0.05, 0) is 32.1 Å². The molecule has 1 aliphatic carbocycles. The fourth-order valence-electron chi connectivity index (χ4n) is 4.18. The molecule has 0 aromatic rings. The number of aliphatic carboxylic acids is 1. The van der Waals surface area contributed by atoms with Gasteiger partial charge in [-0.3, -0.25) is 14.4 Å². The number of nitrogens with zero attached hydrogens (tertiary/aromatic N) is 1. The molecule has 8 heteroatoms. The normalized spacial score (nSPS) is 22.9. The number of likely N-dealkylation sites (N-methyl/N-ethyl adjacent to an activating group) is 1. The number of rotatable bonds is 16. The number of carbonyl (C=O) groups is 3. The first-order valence-electron chi connectivity index (χ1n) is 12.5. The lowest BCUT2D eigenvalue weighted by Crippen LogP contribution is -2.43. The number of Topliss-reactive ketones (excluding diaryl/α,β-unsaturated/α-hetero) is 1. The number of unbranched alkanes of at least 4 members (excludes halogenated alkanes) is 1. The monoisotopic (exact) mass is 494 g/mol. The summed E-state index contributed by atoms with van der Waals surface area (Å²) in [5.74, 6) is -2.07. The van der Waals surface area contributed by atoms with Crippen LogP contribution in [0, 0.1) is 11.8 Å². The predicted octanol–water partition coefficient (Wildman–Crippen LogP) is 3.04. The summed E-state index contributed by atoms with van der Waals surface area (Å²) in [6.45, 7) is 2.44. The van der Waals surface area contributed by atoms with Crippen LogP contribution in [0.5, 0.6) is 0 Å². The first-order chi connectivity index (χ1) is 16.4. The third-order valence-electron chi connectivity index (χ3n) is 5.84. The van der Waals surface area contributed by atoms with E-state index in [4.69, 9.17) is 9.84 Å². The molecule has 5 atom stereocenters. The zero-order chi connectivity index (χ0) is 26.4. The zero-order valence-corrected chi connectivity index (χ0v) is 21.6. The van der Waals surface area contributed by atoms with Crippen molar-refractivity contribution >= 4 is 17.7 Å². The molecule has 1 fully saturated rings. The lowest BCUT2D eigenvalue weighted by atomic mass is 9.90. The molecule has 0 aliphatic heterocycles. The minimum atomic E-state index is -0.997. The number of aliphatic hydroxyl groups is 2. The van der Waals surface area contributed by atoms with E-state index in [0.717, 1.165) is 6.42 Å². The first-order valence-corrected chi connectivity index (χ1v) is 12.5. The van der Waals surface area contributed by atoms with Crippen LogP contribution in [0.25, 0.3) is 0 Å². The summed E-state index contributed by atoms with van der Waals surface area (Å²) < 4.78 is 5.87. The average Bonchev–Trinajstić information content (AvgIpc) is 2.99. The van der Waals surface area contributed by atoms with Gasteiger partial charge in [-0.15, -0.1) is 0 Å². The number of ketones is 1. The molecule has 0 aromatic carbocycles. The largest absolute Gasteiger partial charge is 0.481 e. The van der Waals surface area contributed by atoms with Crippen LogP contribution in [-0.2, 0) is 19.1 Å². The SMILES string of the molecule is CC/C=C\CC(O)/C=C/C1C(=O)CC(O)C1C/C=C/CCCC(=O)OC(CC(=O)O)C[N+](C)(C)C. The highest BCUT2D eigenvalue weighted by Crippen LogP contribution is 2.33. The van der Waals surface area contributed by atoms with Gasteiger partial charge in [0, 0.05) is 24.7 Å². The van der Waals surface area contributed by atoms with Gasteiger partial charge in [-0.25, -0.2) is 0 Å². The van der Waals surface area contributed by atoms with E-state index in [2.05, 4.69) is 0 Å². The molecule has 35 heavy (non-hydrogen) atoms. The van der Waals surface area contributed by atoms with E-state index in [-0.39, 0.29) is 31.0 Å². The summed E-state index contributed by atoms with van der Waals surface area (Å²) >= 11 is 0. The quantitative estimate of drug-likeness (QED) is 0.130. The Morgan fingerprint density at radius 3 is 2.51 bits per heavy atom. The number of hydrogen-bond donors (Lipinski definition) is 3. The smallest absolute Gasteiger partial charge is 0.307 e. The molecule has 1 aliphatic rings. The van der Waals surface area contributed by atoms with Crippen LogP contribution in [0.1, 0.15) is 58.3 Å². The predicted molar refractivity (Wildman–Crippen MR) is 134 cm³/mol. The summed E-state index contributed by atoms with van der Waals surface area (Å²) in [5.41, 5.74) is 0. The Morgan fingerprint density at radius 2 is 1.89 bits per heavy atom. The second kappa shape index (κ2) is 15.7. The molecule has 1 saturated carbocycles. The summed E-state index contributed by atoms with van der Waals surface area (Å²) in [5, 5.41) is 29.4. The molecule has 0 spiro atoms. The summed E-state index contributed by atoms with van der Waals surface area (Å²) in [7, 11) is 5.74. The number of ether oxygens (including phenoxy) is 1. The van der Waals surface area contributed by atoms with Gasteiger partial charge in [0.05, 0.1) is 39.8 Å². The Labute approximate surface area is 209 Å². The standard InChI is InChI=1S/C27H43NO7/c1-5-6-9-12-20(29)15-16-23-22(24(30)18-25(23)31)13-10-7-8-11-14-27(34)35-21(17-26(32)33)19-28(2,3)4/h6-7,9-10,15-16,20-24,29-30H,5,8,11-14,17-19H2,1-4H3/p+1/b9-6-,10-7+,16-15+. The van der Waals surface area contributed by atoms with Crippen molar-refractivity contribution in [1.29, 1.82) is 0 Å². The maximum atomic E-state index is 12.3. The van der Waals surface area contributed by atoms with Gasteiger partial charge in [0.15, 0.2) is 6.10 Å². The highest BCUT2D eigenvalue weighted by atomic mass is 16.5. The van der Waals surface area contributed by atoms with Gasteiger partial charge in [-0.1, -0.05) is 43.4 Å². The molecule has 8 nitrogen and oxygen atoms in total. The highest BCUT2D eigenvalue weighted by molar-refractivity contribution is 5.86. The molecule has 0 aromatic heterocycles. The van der Waals surface area contributed by atoms with Crippen molar-refractivity contribution < 1.29 is 38.9 Å². The van der Waals surface area contributed by atoms with Crippen LogP contribution in [0.2, 0.25) is 0 Å². The Bertz CT molecular complexity index is 766. The second-order valence-electron chi connectivity index (χ2n) is 10.3. The van der Waals surface area contributed by atoms with Crippen molar-refractivity contribution in [3.63, 3.8) is 0 Å². The molecule has 198 valence electrons. The molecule has 0 saturated heterocycles. The third-order valence-corrected chi connectivity index (χ3v) is 5.84. The number of esters is 1. The van der Waals surface area contributed by atoms with E-state index in [0.29, 0.717) is 36.7 Å². The highest BCUT2D eigenvalue weighted by Gasteiger charge is 2.39. The Kier molecular flexibility index (Phi) is 13.7. The maximum absolute atomic E-state index is 12.3. The van der Waals surface area contributed by atoms with Gasteiger partial charge in [-0.2, -0.15) is 0 Å². The van der Waals surface area contributed by atoms with E-state index in [9.17, 15) is 24.6 Å². The molecule has 3 N–H and O–H groups in total. The van der Waals surface area contributed by atoms with Crippen molar-refractivity contribution in [3.05, 3.63) is 36.5 Å². The van der Waals surface area contributed by atoms with Crippen LogP contribution in [0.4, 0.5) is 0 Å². The van der Waals surface area contributed by atoms with Crippen LogP contribution in [-0.4, -0.2) is 83.5 Å². The van der Waals surface area contributed by atoms with Crippen molar-refractivity contribution in [2.45, 2.75) is 76.6 Å². The second-order valence-corrected chi connectivity index (χ2v) is 10.3. The Balaban J connectivity index is 2.47. The van der Waals surface area contributed by atoms with Crippen LogP contribution < -0.4 is 0 Å². The molecule has 0 radical (unpaired) electrons. The summed E-state index contributed by atoms with van der Waals surface area (Å²) in [6.07, 6.45) is 12.3. The van der Waals surface area contributed by atoms with E-state index in [1.54, 1.807) is 12.2 Å². The molecule has 5 unspecified atom stereocenters. The number of allylic oxidation sites excluding steroid dienone is 4. The molecule has 0 amide bonds. The summed E-state index contributed by atoms with van der Waals surface area (Å²) in [4.78, 5) is 35.5. The Hall–Kier alpha value is -2.29. The summed E-state index contributed by atoms with van der Waals surface area (Å²) in [6, 6.07) is 0. The number of carbonyl (C=O) groups excluding carboxylic acids is 2. The first kappa shape index (κ1) is 30.7. The Morgan fingerprint density at radius 1 is 1.17 bits per heavy atom. The van der Waals surface area contributed by atoms with Crippen LogP contribution in [0.15, 0.2) is 36.5 Å². The minimum absolute atomic E-state index is 0.0176. The average molecular weight is 495 g/mol. The maximum Gasteiger partial charge on any atom is 0.307 e. The fraction of sp³-hybridized carbons (Fsp3) is 0.667. The van der Waals surface area contributed by atoms with E-state index < -0.39 is 36.2 Å². The van der Waals surface area contributed by atoms with Gasteiger partial charge >= 0.3 is 11.9 Å². The van der Waals surface area contributed by atoms with Gasteiger partial charge in [0.2, 0.25) is 0 Å². The number of carboxylic acid groups (broad SMARTS) is 1. The molecular weight excluding hydrogens is 450 g/mol. The van der Waals surface area contributed by atoms with E-state index >= 15 is 0 Å². The molecule has 1 rings (SSSR count). The van der Waals surface area contributed by atoms with Gasteiger partial charge < -0.3 is 24.5 Å². The van der Waals surface area contributed by atoms with Crippen LogP contribution >= 0.6 is 0 Å². The van der Waals surface area contributed by atoms with Gasteiger partial charge in [0.1, 0.15) is 12.3 Å². The third kappa shape index (κ3) is 13.4. The lowest BCUT2D eigenvalue weighted by molar-refractivity contribution is -0.873. The number of aliphatic hydroxyl groups excluding tert-OH is 2. The lowest BCUT2D eigenvalue weighted by Gasteiger charge is -2.28. The number of carboxylic acids is 1. The molecule has 0 heterocycles. The van der Waals surface area contributed by atoms with Crippen molar-refractivity contribution in [2.24, 2.45) is 11.8 Å². The van der Waals surface area contributed by atoms with Crippen molar-refractivity contribution in [1.82, 2.24) is 0 Å². The van der Waals surface area contributed by atoms with Crippen molar-refractivity contribution in [2.75, 3.05) is 27.7 Å². The minimum Gasteiger partial charge on any atom is -0.481 e. The van der Waals surface area contributed by atoms with Crippen LogP contribution in [0.3, 0.4) is 0 Å². The molecular formula is C27H44NO7+. The van der Waals surface area contributed by atoms with E-state index in [1.165, 1.54) is 0 Å².